The maximum absolute atomic E-state index is 12.0. The highest BCUT2D eigenvalue weighted by atomic mass is 35.5. The molecule has 3 unspecified atom stereocenters. The Balaban J connectivity index is 0.00000441. The number of hydrogen-bond acceptors (Lipinski definition) is 3. The smallest absolute Gasteiger partial charge is 0.237 e. The summed E-state index contributed by atoms with van der Waals surface area (Å²) in [4.78, 5) is 14.2. The van der Waals surface area contributed by atoms with E-state index in [0.29, 0.717) is 6.54 Å². The number of carbonyl (C=O) groups excluding carboxylic acids is 1. The summed E-state index contributed by atoms with van der Waals surface area (Å²) in [6.45, 7) is 7.66. The van der Waals surface area contributed by atoms with Gasteiger partial charge in [-0.25, -0.2) is 0 Å². The van der Waals surface area contributed by atoms with Crippen LogP contribution in [0.25, 0.3) is 0 Å². The Kier molecular flexibility index (Phi) is 10.1. The van der Waals surface area contributed by atoms with Crippen LogP contribution in [0.3, 0.4) is 0 Å². The second kappa shape index (κ2) is 10.6. The zero-order valence-electron chi connectivity index (χ0n) is 14.1. The van der Waals surface area contributed by atoms with Crippen molar-refractivity contribution < 1.29 is 4.79 Å². The first-order valence-electron chi connectivity index (χ1n) is 7.73. The van der Waals surface area contributed by atoms with Crippen molar-refractivity contribution in [3.8, 4) is 0 Å². The number of halogens is 1. The molecule has 126 valence electrons. The van der Waals surface area contributed by atoms with Gasteiger partial charge in [-0.2, -0.15) is 0 Å². The van der Waals surface area contributed by atoms with Crippen LogP contribution in [-0.4, -0.2) is 36.5 Å². The molecule has 0 aliphatic rings. The summed E-state index contributed by atoms with van der Waals surface area (Å²) in [6, 6.07) is 10.2. The highest BCUT2D eigenvalue weighted by Gasteiger charge is 2.20. The lowest BCUT2D eigenvalue weighted by Gasteiger charge is -2.26. The van der Waals surface area contributed by atoms with Crippen molar-refractivity contribution in [3.05, 3.63) is 35.9 Å². The fourth-order valence-corrected chi connectivity index (χ4v) is 2.06. The Morgan fingerprint density at radius 3 is 2.41 bits per heavy atom. The molecular formula is C17H30ClN3O. The molecule has 1 aromatic rings. The van der Waals surface area contributed by atoms with Crippen LogP contribution in [0.2, 0.25) is 0 Å². The summed E-state index contributed by atoms with van der Waals surface area (Å²) in [5, 5.41) is 2.96. The van der Waals surface area contributed by atoms with Gasteiger partial charge in [0.1, 0.15) is 0 Å². The van der Waals surface area contributed by atoms with Crippen molar-refractivity contribution in [3.63, 3.8) is 0 Å². The number of carbonyl (C=O) groups is 1. The van der Waals surface area contributed by atoms with Crippen LogP contribution < -0.4 is 11.1 Å². The molecule has 22 heavy (non-hydrogen) atoms. The van der Waals surface area contributed by atoms with Gasteiger partial charge in [0.2, 0.25) is 5.91 Å². The number of nitrogens with one attached hydrogen (secondary N) is 1. The van der Waals surface area contributed by atoms with E-state index in [2.05, 4.69) is 36.3 Å². The maximum atomic E-state index is 12.0. The Morgan fingerprint density at radius 1 is 1.27 bits per heavy atom. The quantitative estimate of drug-likeness (QED) is 0.771. The number of amides is 1. The van der Waals surface area contributed by atoms with Gasteiger partial charge in [-0.05, 0) is 25.5 Å². The van der Waals surface area contributed by atoms with Crippen LogP contribution in [0.15, 0.2) is 30.3 Å². The van der Waals surface area contributed by atoms with Gasteiger partial charge in [-0.1, -0.05) is 50.6 Å². The number of hydrogen-bond donors (Lipinski definition) is 2. The molecule has 3 N–H and O–H groups in total. The highest BCUT2D eigenvalue weighted by molar-refractivity contribution is 5.85. The second-order valence-corrected chi connectivity index (χ2v) is 5.91. The molecule has 0 bridgehead atoms. The monoisotopic (exact) mass is 327 g/mol. The zero-order valence-corrected chi connectivity index (χ0v) is 14.9. The van der Waals surface area contributed by atoms with Crippen LogP contribution in [0.4, 0.5) is 0 Å². The number of rotatable bonds is 8. The molecule has 1 amide bonds. The van der Waals surface area contributed by atoms with Crippen LogP contribution >= 0.6 is 12.4 Å². The van der Waals surface area contributed by atoms with Crippen molar-refractivity contribution in [2.75, 3.05) is 13.6 Å². The minimum atomic E-state index is -0.415. The predicted molar refractivity (Wildman–Crippen MR) is 95.1 cm³/mol. The Morgan fingerprint density at radius 2 is 1.86 bits per heavy atom. The molecule has 3 atom stereocenters. The van der Waals surface area contributed by atoms with Crippen molar-refractivity contribution >= 4 is 18.3 Å². The van der Waals surface area contributed by atoms with Gasteiger partial charge in [0.15, 0.2) is 0 Å². The normalized spacial score (nSPS) is 14.8. The number of benzene rings is 1. The van der Waals surface area contributed by atoms with Crippen LogP contribution in [-0.2, 0) is 11.3 Å². The van der Waals surface area contributed by atoms with Crippen LogP contribution in [0.1, 0.15) is 32.8 Å². The molecule has 4 nitrogen and oxygen atoms in total. The van der Waals surface area contributed by atoms with Crippen LogP contribution in [0, 0.1) is 5.92 Å². The lowest BCUT2D eigenvalue weighted by molar-refractivity contribution is -0.123. The number of likely N-dealkylation sites (N-methyl/N-ethyl adjacent to an activating group) is 1. The Labute approximate surface area is 140 Å². The van der Waals surface area contributed by atoms with Crippen molar-refractivity contribution in [2.45, 2.75) is 45.8 Å². The summed E-state index contributed by atoms with van der Waals surface area (Å²) in [7, 11) is 2.07. The average molecular weight is 328 g/mol. The van der Waals surface area contributed by atoms with E-state index in [1.54, 1.807) is 0 Å². The topological polar surface area (TPSA) is 58.4 Å². The fraction of sp³-hybridized carbons (Fsp3) is 0.588. The summed E-state index contributed by atoms with van der Waals surface area (Å²) < 4.78 is 0. The first-order chi connectivity index (χ1) is 9.95. The average Bonchev–Trinajstić information content (AvgIpc) is 2.51. The largest absolute Gasteiger partial charge is 0.353 e. The number of nitrogens with zero attached hydrogens (tertiary/aromatic N) is 1. The number of nitrogens with two attached hydrogens (primary N) is 1. The van der Waals surface area contributed by atoms with E-state index in [4.69, 9.17) is 5.73 Å². The van der Waals surface area contributed by atoms with E-state index >= 15 is 0 Å². The summed E-state index contributed by atoms with van der Waals surface area (Å²) in [5.41, 5.74) is 7.20. The Bertz CT molecular complexity index is 427. The van der Waals surface area contributed by atoms with E-state index in [-0.39, 0.29) is 30.3 Å². The third-order valence-corrected chi connectivity index (χ3v) is 4.16. The Hall–Kier alpha value is -1.10. The molecule has 0 saturated heterocycles. The van der Waals surface area contributed by atoms with Gasteiger partial charge in [-0.3, -0.25) is 9.69 Å². The van der Waals surface area contributed by atoms with Gasteiger partial charge in [0.25, 0.3) is 0 Å². The molecule has 0 aromatic heterocycles. The fourth-order valence-electron chi connectivity index (χ4n) is 2.06. The molecule has 0 aliphatic heterocycles. The molecule has 0 aliphatic carbocycles. The van der Waals surface area contributed by atoms with E-state index in [1.807, 2.05) is 32.0 Å². The van der Waals surface area contributed by atoms with Gasteiger partial charge in [0, 0.05) is 19.1 Å². The third-order valence-electron chi connectivity index (χ3n) is 4.16. The van der Waals surface area contributed by atoms with Gasteiger partial charge in [0.05, 0.1) is 6.04 Å². The van der Waals surface area contributed by atoms with E-state index in [9.17, 15) is 4.79 Å². The molecule has 1 rings (SSSR count). The van der Waals surface area contributed by atoms with Gasteiger partial charge < -0.3 is 11.1 Å². The minimum absolute atomic E-state index is 0. The third kappa shape index (κ3) is 6.77. The first-order valence-corrected chi connectivity index (χ1v) is 7.73. The van der Waals surface area contributed by atoms with Crippen LogP contribution in [0.5, 0.6) is 0 Å². The van der Waals surface area contributed by atoms with Crippen molar-refractivity contribution in [1.82, 2.24) is 10.2 Å². The summed E-state index contributed by atoms with van der Waals surface area (Å²) in [6.07, 6.45) is 0.915. The SMILES string of the molecule is CCC(C)C(N)C(=O)NCC(C)N(C)Cc1ccccc1.Cl. The lowest BCUT2D eigenvalue weighted by Crippen LogP contribution is -2.48. The standard InChI is InChI=1S/C17H29N3O.ClH/c1-5-13(2)16(18)17(21)19-11-14(3)20(4)12-15-9-7-6-8-10-15;/h6-10,13-14,16H,5,11-12,18H2,1-4H3,(H,19,21);1H. The zero-order chi connectivity index (χ0) is 15.8. The summed E-state index contributed by atoms with van der Waals surface area (Å²) in [5.74, 6) is 0.159. The van der Waals surface area contributed by atoms with Crippen molar-refractivity contribution in [1.29, 1.82) is 0 Å². The highest BCUT2D eigenvalue weighted by Crippen LogP contribution is 2.07. The van der Waals surface area contributed by atoms with E-state index < -0.39 is 6.04 Å². The first kappa shape index (κ1) is 20.9. The molecule has 0 spiro atoms. The van der Waals surface area contributed by atoms with Gasteiger partial charge >= 0.3 is 0 Å². The molecule has 0 saturated carbocycles. The van der Waals surface area contributed by atoms with E-state index in [0.717, 1.165) is 13.0 Å². The molecule has 0 heterocycles. The van der Waals surface area contributed by atoms with Crippen molar-refractivity contribution in [2.24, 2.45) is 11.7 Å². The van der Waals surface area contributed by atoms with Gasteiger partial charge in [-0.15, -0.1) is 12.4 Å². The molecule has 5 heteroatoms. The maximum Gasteiger partial charge on any atom is 0.237 e. The molecule has 1 aromatic carbocycles. The predicted octanol–water partition coefficient (Wildman–Crippen LogP) is 2.42. The minimum Gasteiger partial charge on any atom is -0.353 e. The second-order valence-electron chi connectivity index (χ2n) is 5.91. The molecular weight excluding hydrogens is 298 g/mol. The molecule has 0 fully saturated rings. The molecule has 0 radical (unpaired) electrons. The van der Waals surface area contributed by atoms with E-state index in [1.165, 1.54) is 5.56 Å². The summed E-state index contributed by atoms with van der Waals surface area (Å²) >= 11 is 0. The lowest BCUT2D eigenvalue weighted by atomic mass is 9.99.